The Morgan fingerprint density at radius 3 is 2.88 bits per heavy atom. The molecule has 0 amide bonds. The number of terminal acetylenes is 1. The molecule has 17 heavy (non-hydrogen) atoms. The summed E-state index contributed by atoms with van der Waals surface area (Å²) in [5, 5.41) is 3.32. The van der Waals surface area contributed by atoms with Gasteiger partial charge in [-0.2, -0.15) is 0 Å². The van der Waals surface area contributed by atoms with Gasteiger partial charge in [0.15, 0.2) is 11.6 Å². The molecule has 0 aliphatic carbocycles. The molecule has 0 saturated carbocycles. The van der Waals surface area contributed by atoms with E-state index < -0.39 is 0 Å². The van der Waals surface area contributed by atoms with Crippen LogP contribution in [-0.4, -0.2) is 17.1 Å². The van der Waals surface area contributed by atoms with Crippen molar-refractivity contribution in [3.05, 3.63) is 18.3 Å². The van der Waals surface area contributed by atoms with Crippen LogP contribution in [0.3, 0.4) is 0 Å². The summed E-state index contributed by atoms with van der Waals surface area (Å²) in [4.78, 5) is 4.30. The summed E-state index contributed by atoms with van der Waals surface area (Å²) < 4.78 is 5.69. The monoisotopic (exact) mass is 232 g/mol. The molecule has 92 valence electrons. The molecule has 1 N–H and O–H groups in total. The first-order valence-electron chi connectivity index (χ1n) is 5.99. The summed E-state index contributed by atoms with van der Waals surface area (Å²) in [6.07, 6.45) is 8.86. The molecule has 1 unspecified atom stereocenters. The fraction of sp³-hybridized carbons (Fsp3) is 0.500. The van der Waals surface area contributed by atoms with Gasteiger partial charge in [0.05, 0.1) is 6.10 Å². The maximum absolute atomic E-state index is 5.69. The van der Waals surface area contributed by atoms with Crippen molar-refractivity contribution in [2.45, 2.75) is 45.8 Å². The Morgan fingerprint density at radius 1 is 1.53 bits per heavy atom. The maximum atomic E-state index is 5.69. The van der Waals surface area contributed by atoms with Crippen LogP contribution >= 0.6 is 0 Å². The summed E-state index contributed by atoms with van der Waals surface area (Å²) in [6.45, 7) is 6.09. The molecule has 3 heteroatoms. The third kappa shape index (κ3) is 4.36. The number of rotatable bonds is 6. The summed E-state index contributed by atoms with van der Waals surface area (Å²) in [6, 6.07) is 4.02. The molecular formula is C14H20N2O. The third-order valence-electron chi connectivity index (χ3n) is 2.33. The predicted molar refractivity (Wildman–Crippen MR) is 71.2 cm³/mol. The molecule has 1 aromatic rings. The molecule has 0 aliphatic rings. The lowest BCUT2D eigenvalue weighted by Gasteiger charge is -2.18. The van der Waals surface area contributed by atoms with E-state index in [0.717, 1.165) is 18.0 Å². The molecule has 1 rings (SSSR count). The SMILES string of the molecule is C#CCC(CC)Nc1ncccc1OC(C)C. The first-order chi connectivity index (χ1) is 8.17. The Morgan fingerprint density at radius 2 is 2.29 bits per heavy atom. The van der Waals surface area contributed by atoms with Crippen molar-refractivity contribution in [3.8, 4) is 18.1 Å². The van der Waals surface area contributed by atoms with Gasteiger partial charge in [0.25, 0.3) is 0 Å². The highest BCUT2D eigenvalue weighted by atomic mass is 16.5. The lowest BCUT2D eigenvalue weighted by Crippen LogP contribution is -2.19. The lowest BCUT2D eigenvalue weighted by molar-refractivity contribution is 0.242. The lowest BCUT2D eigenvalue weighted by atomic mass is 10.1. The molecule has 0 bridgehead atoms. The Bertz CT molecular complexity index is 382. The van der Waals surface area contributed by atoms with Crippen molar-refractivity contribution in [1.82, 2.24) is 4.98 Å². The van der Waals surface area contributed by atoms with Gasteiger partial charge in [-0.3, -0.25) is 0 Å². The number of hydrogen-bond acceptors (Lipinski definition) is 3. The van der Waals surface area contributed by atoms with Crippen molar-refractivity contribution in [1.29, 1.82) is 0 Å². The molecule has 0 radical (unpaired) electrons. The minimum Gasteiger partial charge on any atom is -0.487 e. The van der Waals surface area contributed by atoms with E-state index in [2.05, 4.69) is 23.1 Å². The summed E-state index contributed by atoms with van der Waals surface area (Å²) in [5.41, 5.74) is 0. The highest BCUT2D eigenvalue weighted by Crippen LogP contribution is 2.23. The number of nitrogens with zero attached hydrogens (tertiary/aromatic N) is 1. The normalized spacial score (nSPS) is 11.9. The van der Waals surface area contributed by atoms with E-state index >= 15 is 0 Å². The third-order valence-corrected chi connectivity index (χ3v) is 2.33. The number of anilines is 1. The average Bonchev–Trinajstić information content (AvgIpc) is 2.30. The average molecular weight is 232 g/mol. The molecule has 0 aromatic carbocycles. The number of hydrogen-bond donors (Lipinski definition) is 1. The van der Waals surface area contributed by atoms with Crippen LogP contribution in [0.4, 0.5) is 5.82 Å². The quantitative estimate of drug-likeness (QED) is 0.765. The van der Waals surface area contributed by atoms with E-state index in [4.69, 9.17) is 11.2 Å². The van der Waals surface area contributed by atoms with Crippen molar-refractivity contribution in [2.75, 3.05) is 5.32 Å². The maximum Gasteiger partial charge on any atom is 0.169 e. The molecule has 1 atom stereocenters. The van der Waals surface area contributed by atoms with Crippen molar-refractivity contribution in [2.24, 2.45) is 0 Å². The molecular weight excluding hydrogens is 212 g/mol. The van der Waals surface area contributed by atoms with E-state index in [0.29, 0.717) is 6.42 Å². The molecule has 1 heterocycles. The first kappa shape index (κ1) is 13.4. The molecule has 0 fully saturated rings. The predicted octanol–water partition coefficient (Wildman–Crippen LogP) is 3.08. The van der Waals surface area contributed by atoms with Crippen LogP contribution in [0.15, 0.2) is 18.3 Å². The zero-order valence-electron chi connectivity index (χ0n) is 10.7. The van der Waals surface area contributed by atoms with Crippen LogP contribution in [-0.2, 0) is 0 Å². The molecule has 3 nitrogen and oxygen atoms in total. The molecule has 0 spiro atoms. The summed E-state index contributed by atoms with van der Waals surface area (Å²) >= 11 is 0. The number of ether oxygens (including phenoxy) is 1. The number of aromatic nitrogens is 1. The highest BCUT2D eigenvalue weighted by molar-refractivity contribution is 5.50. The van der Waals surface area contributed by atoms with Gasteiger partial charge < -0.3 is 10.1 Å². The number of pyridine rings is 1. The number of nitrogens with one attached hydrogen (secondary N) is 1. The van der Waals surface area contributed by atoms with Crippen LogP contribution in [0.1, 0.15) is 33.6 Å². The van der Waals surface area contributed by atoms with Crippen LogP contribution < -0.4 is 10.1 Å². The van der Waals surface area contributed by atoms with Crippen molar-refractivity contribution in [3.63, 3.8) is 0 Å². The second-order valence-corrected chi connectivity index (χ2v) is 4.17. The van der Waals surface area contributed by atoms with Crippen LogP contribution in [0, 0.1) is 12.3 Å². The van der Waals surface area contributed by atoms with Crippen LogP contribution in [0.5, 0.6) is 5.75 Å². The fourth-order valence-corrected chi connectivity index (χ4v) is 1.48. The first-order valence-corrected chi connectivity index (χ1v) is 5.99. The largest absolute Gasteiger partial charge is 0.487 e. The van der Waals surface area contributed by atoms with E-state index in [9.17, 15) is 0 Å². The summed E-state index contributed by atoms with van der Waals surface area (Å²) in [5.74, 6) is 4.21. The Kier molecular flexibility index (Phi) is 5.35. The second-order valence-electron chi connectivity index (χ2n) is 4.17. The smallest absolute Gasteiger partial charge is 0.169 e. The molecule has 0 aliphatic heterocycles. The van der Waals surface area contributed by atoms with E-state index in [1.165, 1.54) is 0 Å². The second kappa shape index (κ2) is 6.80. The standard InChI is InChI=1S/C14H20N2O/c1-5-8-12(6-2)16-14-13(17-11(3)4)9-7-10-15-14/h1,7,9-12H,6,8H2,2-4H3,(H,15,16). The molecule has 0 saturated heterocycles. The highest BCUT2D eigenvalue weighted by Gasteiger charge is 2.10. The van der Waals surface area contributed by atoms with Gasteiger partial charge in [0.2, 0.25) is 0 Å². The molecule has 1 aromatic heterocycles. The fourth-order valence-electron chi connectivity index (χ4n) is 1.48. The van der Waals surface area contributed by atoms with Gasteiger partial charge in [-0.15, -0.1) is 12.3 Å². The van der Waals surface area contributed by atoms with Crippen molar-refractivity contribution < 1.29 is 4.74 Å². The van der Waals surface area contributed by atoms with Crippen LogP contribution in [0.2, 0.25) is 0 Å². The zero-order valence-corrected chi connectivity index (χ0v) is 10.7. The van der Waals surface area contributed by atoms with E-state index in [-0.39, 0.29) is 12.1 Å². The van der Waals surface area contributed by atoms with Gasteiger partial charge in [0, 0.05) is 18.7 Å². The van der Waals surface area contributed by atoms with E-state index in [1.807, 2.05) is 26.0 Å². The van der Waals surface area contributed by atoms with Gasteiger partial charge in [-0.1, -0.05) is 6.92 Å². The zero-order chi connectivity index (χ0) is 12.7. The minimum absolute atomic E-state index is 0.132. The minimum atomic E-state index is 0.132. The van der Waals surface area contributed by atoms with Gasteiger partial charge in [-0.05, 0) is 32.4 Å². The van der Waals surface area contributed by atoms with Gasteiger partial charge >= 0.3 is 0 Å². The van der Waals surface area contributed by atoms with Crippen molar-refractivity contribution >= 4 is 5.82 Å². The Balaban J connectivity index is 2.78. The Hall–Kier alpha value is -1.69. The van der Waals surface area contributed by atoms with E-state index in [1.54, 1.807) is 6.20 Å². The van der Waals surface area contributed by atoms with Crippen LogP contribution in [0.25, 0.3) is 0 Å². The van der Waals surface area contributed by atoms with Gasteiger partial charge in [-0.25, -0.2) is 4.98 Å². The van der Waals surface area contributed by atoms with Gasteiger partial charge in [0.1, 0.15) is 0 Å². The summed E-state index contributed by atoms with van der Waals surface area (Å²) in [7, 11) is 0. The topological polar surface area (TPSA) is 34.2 Å². The Labute approximate surface area is 104 Å².